The number of carbonyl (C=O) groups is 2. The van der Waals surface area contributed by atoms with E-state index in [1.807, 2.05) is 32.0 Å². The van der Waals surface area contributed by atoms with Crippen molar-refractivity contribution >= 4 is 23.7 Å². The van der Waals surface area contributed by atoms with Crippen LogP contribution in [0, 0.1) is 13.8 Å². The maximum atomic E-state index is 12.1. The number of carbonyl (C=O) groups excluding carboxylic acids is 2. The SMILES string of the molecule is Cc1ccc(-n2nnnc2SCC(=O)N2CCNC2=O)c(C)c1. The molecule has 3 amide bonds. The lowest BCUT2D eigenvalue weighted by atomic mass is 10.1. The molecule has 0 unspecified atom stereocenters. The van der Waals surface area contributed by atoms with Crippen molar-refractivity contribution < 1.29 is 9.59 Å². The maximum Gasteiger partial charge on any atom is 0.324 e. The van der Waals surface area contributed by atoms with E-state index >= 15 is 0 Å². The molecule has 0 aliphatic carbocycles. The summed E-state index contributed by atoms with van der Waals surface area (Å²) in [4.78, 5) is 24.8. The first-order valence-electron chi connectivity index (χ1n) is 7.13. The lowest BCUT2D eigenvalue weighted by molar-refractivity contribution is -0.124. The topological polar surface area (TPSA) is 93.0 Å². The highest BCUT2D eigenvalue weighted by Crippen LogP contribution is 2.21. The Bertz CT molecular complexity index is 759. The number of rotatable bonds is 4. The van der Waals surface area contributed by atoms with Gasteiger partial charge in [-0.2, -0.15) is 4.68 Å². The summed E-state index contributed by atoms with van der Waals surface area (Å²) in [5.41, 5.74) is 3.07. The number of urea groups is 1. The molecule has 0 saturated carbocycles. The van der Waals surface area contributed by atoms with E-state index < -0.39 is 0 Å². The molecule has 1 aliphatic rings. The molecular formula is C14H16N6O2S. The van der Waals surface area contributed by atoms with Gasteiger partial charge in [0.1, 0.15) is 0 Å². The van der Waals surface area contributed by atoms with E-state index in [-0.39, 0.29) is 17.7 Å². The predicted octanol–water partition coefficient (Wildman–Crippen LogP) is 0.923. The number of hydrogen-bond donors (Lipinski definition) is 1. The van der Waals surface area contributed by atoms with Crippen LogP contribution >= 0.6 is 11.8 Å². The normalized spacial score (nSPS) is 14.2. The Morgan fingerprint density at radius 1 is 1.39 bits per heavy atom. The molecule has 9 heteroatoms. The van der Waals surface area contributed by atoms with Gasteiger partial charge in [-0.25, -0.2) is 4.79 Å². The van der Waals surface area contributed by atoms with Crippen molar-refractivity contribution in [3.8, 4) is 5.69 Å². The Hall–Kier alpha value is -2.42. The van der Waals surface area contributed by atoms with Crippen LogP contribution in [-0.2, 0) is 4.79 Å². The van der Waals surface area contributed by atoms with E-state index in [9.17, 15) is 9.59 Å². The van der Waals surface area contributed by atoms with Crippen molar-refractivity contribution in [2.75, 3.05) is 18.8 Å². The third-order valence-corrected chi connectivity index (χ3v) is 4.41. The van der Waals surface area contributed by atoms with Crippen LogP contribution in [0.4, 0.5) is 4.79 Å². The Kier molecular flexibility index (Phi) is 4.28. The van der Waals surface area contributed by atoms with Gasteiger partial charge in [-0.15, -0.1) is 5.10 Å². The molecule has 1 aromatic carbocycles. The first-order valence-corrected chi connectivity index (χ1v) is 8.12. The maximum absolute atomic E-state index is 12.1. The Labute approximate surface area is 137 Å². The summed E-state index contributed by atoms with van der Waals surface area (Å²) >= 11 is 1.21. The Morgan fingerprint density at radius 2 is 2.22 bits per heavy atom. The minimum atomic E-state index is -0.343. The lowest BCUT2D eigenvalue weighted by Gasteiger charge is -2.12. The molecule has 3 rings (SSSR count). The van der Waals surface area contributed by atoms with Gasteiger partial charge < -0.3 is 5.32 Å². The molecule has 1 aliphatic heterocycles. The van der Waals surface area contributed by atoms with Crippen molar-refractivity contribution in [1.82, 2.24) is 30.4 Å². The number of aryl methyl sites for hydroxylation is 2. The first-order chi connectivity index (χ1) is 11.1. The fourth-order valence-corrected chi connectivity index (χ4v) is 3.14. The average molecular weight is 332 g/mol. The average Bonchev–Trinajstić information content (AvgIpc) is 3.13. The van der Waals surface area contributed by atoms with E-state index in [0.717, 1.165) is 16.8 Å². The van der Waals surface area contributed by atoms with Crippen LogP contribution < -0.4 is 5.32 Å². The number of imide groups is 1. The number of thioether (sulfide) groups is 1. The van der Waals surface area contributed by atoms with Crippen molar-refractivity contribution in [3.05, 3.63) is 29.3 Å². The molecule has 0 bridgehead atoms. The van der Waals surface area contributed by atoms with Gasteiger partial charge in [0.15, 0.2) is 0 Å². The molecule has 0 atom stereocenters. The summed E-state index contributed by atoms with van der Waals surface area (Å²) in [6, 6.07) is 5.63. The Morgan fingerprint density at radius 3 is 2.91 bits per heavy atom. The number of amides is 3. The smallest absolute Gasteiger partial charge is 0.324 e. The highest BCUT2D eigenvalue weighted by Gasteiger charge is 2.26. The number of nitrogens with zero attached hydrogens (tertiary/aromatic N) is 5. The van der Waals surface area contributed by atoms with Crippen molar-refractivity contribution in [3.63, 3.8) is 0 Å². The van der Waals surface area contributed by atoms with Crippen LogP contribution in [0.1, 0.15) is 11.1 Å². The minimum Gasteiger partial charge on any atom is -0.336 e. The quantitative estimate of drug-likeness (QED) is 0.837. The van der Waals surface area contributed by atoms with Gasteiger partial charge >= 0.3 is 6.03 Å². The molecule has 23 heavy (non-hydrogen) atoms. The van der Waals surface area contributed by atoms with E-state index in [4.69, 9.17) is 0 Å². The Balaban J connectivity index is 1.74. The van der Waals surface area contributed by atoms with Crippen LogP contribution in [0.2, 0.25) is 0 Å². The van der Waals surface area contributed by atoms with Gasteiger partial charge in [-0.3, -0.25) is 9.69 Å². The highest BCUT2D eigenvalue weighted by molar-refractivity contribution is 7.99. The van der Waals surface area contributed by atoms with Crippen molar-refractivity contribution in [2.45, 2.75) is 19.0 Å². The second-order valence-electron chi connectivity index (χ2n) is 5.23. The summed E-state index contributed by atoms with van der Waals surface area (Å²) in [7, 11) is 0. The molecule has 120 valence electrons. The number of benzene rings is 1. The van der Waals surface area contributed by atoms with E-state index in [0.29, 0.717) is 18.2 Å². The molecule has 2 heterocycles. The van der Waals surface area contributed by atoms with Gasteiger partial charge in [0.2, 0.25) is 11.1 Å². The zero-order chi connectivity index (χ0) is 16.4. The number of aromatic nitrogens is 4. The van der Waals surface area contributed by atoms with Gasteiger partial charge in [0, 0.05) is 13.1 Å². The summed E-state index contributed by atoms with van der Waals surface area (Å²) in [5.74, 6) is -0.140. The molecule has 1 saturated heterocycles. The standard InChI is InChI=1S/C14H16N6O2S/c1-9-3-4-11(10(2)7-9)20-14(16-17-18-20)23-8-12(21)19-6-5-15-13(19)22/h3-4,7H,5-6,8H2,1-2H3,(H,15,22). The molecular weight excluding hydrogens is 316 g/mol. The number of nitrogens with one attached hydrogen (secondary N) is 1. The second kappa shape index (κ2) is 6.37. The molecule has 2 aromatic rings. The summed E-state index contributed by atoms with van der Waals surface area (Å²) in [6.45, 7) is 4.90. The van der Waals surface area contributed by atoms with Crippen molar-refractivity contribution in [1.29, 1.82) is 0 Å². The zero-order valence-corrected chi connectivity index (χ0v) is 13.6. The van der Waals surface area contributed by atoms with Gasteiger partial charge in [0.05, 0.1) is 11.4 Å². The molecule has 1 aromatic heterocycles. The number of hydrogen-bond acceptors (Lipinski definition) is 6. The monoisotopic (exact) mass is 332 g/mol. The third kappa shape index (κ3) is 3.19. The summed E-state index contributed by atoms with van der Waals surface area (Å²) in [6.07, 6.45) is 0. The van der Waals surface area contributed by atoms with E-state index in [1.165, 1.54) is 16.7 Å². The van der Waals surface area contributed by atoms with Crippen LogP contribution in [0.5, 0.6) is 0 Å². The molecule has 1 N–H and O–H groups in total. The number of tetrazole rings is 1. The molecule has 8 nitrogen and oxygen atoms in total. The second-order valence-corrected chi connectivity index (χ2v) is 6.17. The van der Waals surface area contributed by atoms with E-state index in [1.54, 1.807) is 4.68 Å². The fraction of sp³-hybridized carbons (Fsp3) is 0.357. The van der Waals surface area contributed by atoms with Crippen molar-refractivity contribution in [2.24, 2.45) is 0 Å². The molecule has 1 fully saturated rings. The largest absolute Gasteiger partial charge is 0.336 e. The minimum absolute atomic E-state index is 0.110. The summed E-state index contributed by atoms with van der Waals surface area (Å²) in [5, 5.41) is 14.8. The van der Waals surface area contributed by atoms with Crippen LogP contribution in [0.15, 0.2) is 23.4 Å². The van der Waals surface area contributed by atoms with Gasteiger partial charge in [-0.05, 0) is 35.9 Å². The van der Waals surface area contributed by atoms with Crippen LogP contribution in [-0.4, -0.2) is 55.9 Å². The van der Waals surface area contributed by atoms with Gasteiger partial charge in [-0.1, -0.05) is 29.5 Å². The van der Waals surface area contributed by atoms with Gasteiger partial charge in [0.25, 0.3) is 0 Å². The lowest BCUT2D eigenvalue weighted by Crippen LogP contribution is -2.35. The molecule has 0 spiro atoms. The van der Waals surface area contributed by atoms with E-state index in [2.05, 4.69) is 20.8 Å². The molecule has 0 radical (unpaired) electrons. The van der Waals surface area contributed by atoms with Crippen LogP contribution in [0.3, 0.4) is 0 Å². The highest BCUT2D eigenvalue weighted by atomic mass is 32.2. The fourth-order valence-electron chi connectivity index (χ4n) is 2.38. The zero-order valence-electron chi connectivity index (χ0n) is 12.8. The summed E-state index contributed by atoms with van der Waals surface area (Å²) < 4.78 is 1.61. The van der Waals surface area contributed by atoms with Crippen LogP contribution in [0.25, 0.3) is 5.69 Å². The first kappa shape index (κ1) is 15.5. The predicted molar refractivity (Wildman–Crippen MR) is 84.5 cm³/mol. The third-order valence-electron chi connectivity index (χ3n) is 3.50.